The fourth-order valence-electron chi connectivity index (χ4n) is 2.20. The molecule has 0 atom stereocenters. The average molecular weight is 362 g/mol. The van der Waals surface area contributed by atoms with Crippen LogP contribution in [0.15, 0.2) is 24.3 Å². The number of ether oxygens (including phenoxy) is 1. The highest BCUT2D eigenvalue weighted by Crippen LogP contribution is 2.24. The topological polar surface area (TPSA) is 125 Å². The molecule has 7 amide bonds. The van der Waals surface area contributed by atoms with E-state index >= 15 is 0 Å². The van der Waals surface area contributed by atoms with Gasteiger partial charge in [0.15, 0.2) is 0 Å². The second-order valence-corrected chi connectivity index (χ2v) is 5.32. The lowest BCUT2D eigenvalue weighted by Gasteiger charge is -2.15. The van der Waals surface area contributed by atoms with E-state index in [0.29, 0.717) is 28.5 Å². The summed E-state index contributed by atoms with van der Waals surface area (Å²) >= 11 is 0. The monoisotopic (exact) mass is 362 g/mol. The number of nitrogens with zero attached hydrogens (tertiary/aromatic N) is 2. The summed E-state index contributed by atoms with van der Waals surface area (Å²) in [4.78, 5) is 60.9. The molecule has 0 unspecified atom stereocenters. The smallest absolute Gasteiger partial charge is 0.339 e. The number of anilines is 1. The Bertz CT molecular complexity index is 746. The van der Waals surface area contributed by atoms with Gasteiger partial charge in [-0.1, -0.05) is 6.92 Å². The Labute approximate surface area is 149 Å². The van der Waals surface area contributed by atoms with Crippen LogP contribution >= 0.6 is 0 Å². The maximum Gasteiger partial charge on any atom is 0.339 e. The van der Waals surface area contributed by atoms with Gasteiger partial charge in [0, 0.05) is 6.54 Å². The first-order chi connectivity index (χ1) is 12.4. The molecule has 0 spiro atoms. The highest BCUT2D eigenvalue weighted by Gasteiger charge is 2.46. The molecule has 138 valence electrons. The van der Waals surface area contributed by atoms with Gasteiger partial charge in [-0.2, -0.15) is 0 Å². The lowest BCUT2D eigenvalue weighted by Crippen LogP contribution is -2.46. The summed E-state index contributed by atoms with van der Waals surface area (Å²) < 4.78 is 4.99. The highest BCUT2D eigenvalue weighted by molar-refractivity contribution is 6.53. The molecule has 10 heteroatoms. The molecule has 0 bridgehead atoms. The van der Waals surface area contributed by atoms with Crippen molar-refractivity contribution in [2.24, 2.45) is 0 Å². The number of urea groups is 2. The molecule has 1 aromatic rings. The van der Waals surface area contributed by atoms with Crippen LogP contribution < -0.4 is 20.3 Å². The van der Waals surface area contributed by atoms with Crippen LogP contribution in [0.5, 0.6) is 5.75 Å². The van der Waals surface area contributed by atoms with Gasteiger partial charge in [0.2, 0.25) is 5.91 Å². The molecule has 26 heavy (non-hydrogen) atoms. The number of rotatable bonds is 6. The lowest BCUT2D eigenvalue weighted by molar-refractivity contribution is -0.140. The van der Waals surface area contributed by atoms with Gasteiger partial charge in [-0.05, 0) is 30.7 Å². The van der Waals surface area contributed by atoms with E-state index in [1.54, 1.807) is 0 Å². The Morgan fingerprint density at radius 3 is 2.31 bits per heavy atom. The number of carbonyl (C=O) groups excluding carboxylic acids is 5. The Kier molecular flexibility index (Phi) is 5.89. The molecule has 2 rings (SSSR count). The van der Waals surface area contributed by atoms with E-state index in [2.05, 4.69) is 5.32 Å². The summed E-state index contributed by atoms with van der Waals surface area (Å²) in [5.74, 6) is -2.60. The summed E-state index contributed by atoms with van der Waals surface area (Å²) in [6.07, 6.45) is 0.677. The Balaban J connectivity index is 2.07. The number of carbonyl (C=O) groups is 5. The summed E-state index contributed by atoms with van der Waals surface area (Å²) in [5.41, 5.74) is 0.165. The minimum atomic E-state index is -1.14. The van der Waals surface area contributed by atoms with Crippen LogP contribution in [0.1, 0.15) is 13.3 Å². The van der Waals surface area contributed by atoms with Gasteiger partial charge in [-0.25, -0.2) is 19.4 Å². The molecule has 0 aromatic heterocycles. The van der Waals surface area contributed by atoms with E-state index in [1.165, 1.54) is 31.4 Å². The van der Waals surface area contributed by atoms with Crippen molar-refractivity contribution in [2.45, 2.75) is 13.3 Å². The van der Waals surface area contributed by atoms with Gasteiger partial charge in [0.25, 0.3) is 0 Å². The minimum absolute atomic E-state index is 0.165. The molecule has 2 N–H and O–H groups in total. The number of nitrogens with one attached hydrogen (secondary N) is 2. The number of benzene rings is 1. The van der Waals surface area contributed by atoms with Crippen molar-refractivity contribution in [2.75, 3.05) is 25.1 Å². The number of methoxy groups -OCH3 is 1. The van der Waals surface area contributed by atoms with Crippen molar-refractivity contribution in [3.8, 4) is 5.75 Å². The SMILES string of the molecule is CCCNC(=O)NC(=O)CN1C(=O)C(=O)N(c2ccc(OC)cc2)C1=O. The lowest BCUT2D eigenvalue weighted by atomic mass is 10.3. The van der Waals surface area contributed by atoms with Crippen LogP contribution in [-0.4, -0.2) is 54.9 Å². The van der Waals surface area contributed by atoms with Gasteiger partial charge in [0.1, 0.15) is 12.3 Å². The molecule has 1 fully saturated rings. The molecule has 0 aliphatic carbocycles. The van der Waals surface area contributed by atoms with E-state index in [-0.39, 0.29) is 5.69 Å². The summed E-state index contributed by atoms with van der Waals surface area (Å²) in [6.45, 7) is 1.46. The van der Waals surface area contributed by atoms with Crippen LogP contribution in [0.3, 0.4) is 0 Å². The molecule has 1 aliphatic heterocycles. The van der Waals surface area contributed by atoms with E-state index in [9.17, 15) is 24.0 Å². The molecule has 0 radical (unpaired) electrons. The first-order valence-corrected chi connectivity index (χ1v) is 7.80. The number of hydrogen-bond acceptors (Lipinski definition) is 6. The molecule has 1 heterocycles. The van der Waals surface area contributed by atoms with Gasteiger partial charge in [-0.3, -0.25) is 19.7 Å². The maximum absolute atomic E-state index is 12.4. The van der Waals surface area contributed by atoms with Crippen LogP contribution in [0.25, 0.3) is 0 Å². The Morgan fingerprint density at radius 1 is 1.08 bits per heavy atom. The van der Waals surface area contributed by atoms with E-state index in [0.717, 1.165) is 0 Å². The van der Waals surface area contributed by atoms with Crippen molar-refractivity contribution < 1.29 is 28.7 Å². The fourth-order valence-corrected chi connectivity index (χ4v) is 2.20. The van der Waals surface area contributed by atoms with Crippen LogP contribution in [-0.2, 0) is 14.4 Å². The third-order valence-corrected chi connectivity index (χ3v) is 3.47. The fraction of sp³-hybridized carbons (Fsp3) is 0.312. The molecule has 10 nitrogen and oxygen atoms in total. The molecular weight excluding hydrogens is 344 g/mol. The van der Waals surface area contributed by atoms with E-state index < -0.39 is 36.3 Å². The summed E-state index contributed by atoms with van der Waals surface area (Å²) in [6, 6.07) is 4.21. The highest BCUT2D eigenvalue weighted by atomic mass is 16.5. The third kappa shape index (κ3) is 3.97. The van der Waals surface area contributed by atoms with Gasteiger partial charge < -0.3 is 10.1 Å². The van der Waals surface area contributed by atoms with Crippen molar-refractivity contribution in [3.63, 3.8) is 0 Å². The zero-order valence-electron chi connectivity index (χ0n) is 14.3. The first kappa shape index (κ1) is 18.9. The Hall–Kier alpha value is -3.43. The summed E-state index contributed by atoms with van der Waals surface area (Å²) in [5, 5.41) is 4.40. The van der Waals surface area contributed by atoms with Gasteiger partial charge in [-0.15, -0.1) is 0 Å². The number of amides is 7. The molecule has 0 saturated carbocycles. The van der Waals surface area contributed by atoms with Crippen molar-refractivity contribution >= 4 is 35.5 Å². The number of hydrogen-bond donors (Lipinski definition) is 2. The Morgan fingerprint density at radius 2 is 1.73 bits per heavy atom. The minimum Gasteiger partial charge on any atom is -0.497 e. The second kappa shape index (κ2) is 8.10. The molecule has 1 aliphatic rings. The summed E-state index contributed by atoms with van der Waals surface area (Å²) in [7, 11) is 1.46. The second-order valence-electron chi connectivity index (χ2n) is 5.32. The van der Waals surface area contributed by atoms with Crippen molar-refractivity contribution in [3.05, 3.63) is 24.3 Å². The largest absolute Gasteiger partial charge is 0.497 e. The van der Waals surface area contributed by atoms with Crippen molar-refractivity contribution in [1.29, 1.82) is 0 Å². The first-order valence-electron chi connectivity index (χ1n) is 7.80. The zero-order chi connectivity index (χ0) is 19.3. The predicted octanol–water partition coefficient (Wildman–Crippen LogP) is 0.226. The maximum atomic E-state index is 12.4. The van der Waals surface area contributed by atoms with Crippen LogP contribution in [0.2, 0.25) is 0 Å². The molecule has 1 saturated heterocycles. The standard InChI is InChI=1S/C16H18N4O6/c1-3-8-17-15(24)18-12(21)9-19-13(22)14(23)20(16(19)25)10-4-6-11(26-2)7-5-10/h4-7H,3,8-9H2,1-2H3,(H2,17,18,21,24). The van der Waals surface area contributed by atoms with Crippen molar-refractivity contribution in [1.82, 2.24) is 15.5 Å². The van der Waals surface area contributed by atoms with Gasteiger partial charge >= 0.3 is 23.9 Å². The quantitative estimate of drug-likeness (QED) is 0.551. The average Bonchev–Trinajstić information content (AvgIpc) is 2.83. The van der Waals surface area contributed by atoms with Gasteiger partial charge in [0.05, 0.1) is 12.8 Å². The van der Waals surface area contributed by atoms with Crippen LogP contribution in [0, 0.1) is 0 Å². The van der Waals surface area contributed by atoms with E-state index in [4.69, 9.17) is 4.74 Å². The zero-order valence-corrected chi connectivity index (χ0v) is 14.3. The molecular formula is C16H18N4O6. The molecule has 1 aromatic carbocycles. The van der Waals surface area contributed by atoms with E-state index in [1.807, 2.05) is 12.2 Å². The van der Waals surface area contributed by atoms with Crippen LogP contribution in [0.4, 0.5) is 15.3 Å². The number of imide groups is 3. The third-order valence-electron chi connectivity index (χ3n) is 3.47. The normalized spacial score (nSPS) is 13.8. The predicted molar refractivity (Wildman–Crippen MR) is 89.4 cm³/mol.